The van der Waals surface area contributed by atoms with Crippen LogP contribution in [0.5, 0.6) is 0 Å². The molecule has 0 unspecified atom stereocenters. The van der Waals surface area contributed by atoms with E-state index in [1.54, 1.807) is 0 Å². The average molecular weight is 329 g/mol. The largest absolute Gasteiger partial charge is 0.381 e. The lowest BCUT2D eigenvalue weighted by molar-refractivity contribution is 0.0671. The van der Waals surface area contributed by atoms with E-state index in [4.69, 9.17) is 4.74 Å². The van der Waals surface area contributed by atoms with Crippen LogP contribution in [0.4, 0.5) is 8.78 Å². The van der Waals surface area contributed by atoms with Gasteiger partial charge in [-0.2, -0.15) is 8.78 Å². The van der Waals surface area contributed by atoms with Gasteiger partial charge in [0.15, 0.2) is 5.96 Å². The first-order chi connectivity index (χ1) is 11.2. The minimum absolute atomic E-state index is 0.102. The first-order valence-electron chi connectivity index (χ1n) is 8.10. The summed E-state index contributed by atoms with van der Waals surface area (Å²) in [5.74, 6) is 1.61. The van der Waals surface area contributed by atoms with Crippen LogP contribution in [-0.4, -0.2) is 41.8 Å². The molecule has 0 amide bonds. The summed E-state index contributed by atoms with van der Waals surface area (Å²) in [6, 6.07) is 0. The second-order valence-corrected chi connectivity index (χ2v) is 5.52. The highest BCUT2D eigenvalue weighted by molar-refractivity contribution is 5.79. The number of alkyl halides is 2. The number of halogens is 2. The Morgan fingerprint density at radius 3 is 3.00 bits per heavy atom. The second-order valence-electron chi connectivity index (χ2n) is 5.52. The molecule has 1 aromatic rings. The Bertz CT molecular complexity index is 488. The van der Waals surface area contributed by atoms with Crippen LogP contribution in [-0.2, 0) is 11.3 Å². The molecule has 0 saturated heterocycles. The Labute approximate surface area is 135 Å². The standard InChI is InChI=1S/C15H25F2N5O/c1-2-18-15(20-6-3-9-23-11-12-4-5-12)21-10-13-19-7-8-22(13)14(16)17/h7-8,12,14H,2-6,9-11H2,1H3,(H2,18,20,21). The van der Waals surface area contributed by atoms with Crippen molar-refractivity contribution in [3.63, 3.8) is 0 Å². The molecule has 0 radical (unpaired) electrons. The van der Waals surface area contributed by atoms with Crippen molar-refractivity contribution < 1.29 is 13.5 Å². The van der Waals surface area contributed by atoms with Gasteiger partial charge in [-0.15, -0.1) is 0 Å². The molecule has 2 rings (SSSR count). The molecule has 1 fully saturated rings. The predicted molar refractivity (Wildman–Crippen MR) is 84.5 cm³/mol. The maximum absolute atomic E-state index is 12.7. The van der Waals surface area contributed by atoms with E-state index in [9.17, 15) is 8.78 Å². The monoisotopic (exact) mass is 329 g/mol. The molecule has 0 atom stereocenters. The van der Waals surface area contributed by atoms with Crippen LogP contribution in [0.25, 0.3) is 0 Å². The highest BCUT2D eigenvalue weighted by atomic mass is 19.3. The lowest BCUT2D eigenvalue weighted by Crippen LogP contribution is -2.38. The summed E-state index contributed by atoms with van der Waals surface area (Å²) in [4.78, 5) is 8.20. The van der Waals surface area contributed by atoms with E-state index in [-0.39, 0.29) is 12.4 Å². The van der Waals surface area contributed by atoms with Crippen molar-refractivity contribution in [3.05, 3.63) is 18.2 Å². The maximum atomic E-state index is 12.7. The number of nitrogens with zero attached hydrogens (tertiary/aromatic N) is 3. The molecule has 0 bridgehead atoms. The normalized spacial score (nSPS) is 15.2. The van der Waals surface area contributed by atoms with E-state index in [0.29, 0.717) is 12.5 Å². The van der Waals surface area contributed by atoms with Crippen molar-refractivity contribution in [3.8, 4) is 0 Å². The molecule has 0 aliphatic heterocycles. The Balaban J connectivity index is 1.71. The molecule has 130 valence electrons. The molecule has 23 heavy (non-hydrogen) atoms. The van der Waals surface area contributed by atoms with Gasteiger partial charge in [0.1, 0.15) is 12.4 Å². The van der Waals surface area contributed by atoms with E-state index in [2.05, 4.69) is 20.6 Å². The minimum Gasteiger partial charge on any atom is -0.381 e. The van der Waals surface area contributed by atoms with Crippen molar-refractivity contribution in [1.82, 2.24) is 20.2 Å². The Morgan fingerprint density at radius 1 is 1.48 bits per heavy atom. The summed E-state index contributed by atoms with van der Waals surface area (Å²) < 4.78 is 31.9. The summed E-state index contributed by atoms with van der Waals surface area (Å²) in [6.45, 7) is 2.47. The van der Waals surface area contributed by atoms with Gasteiger partial charge < -0.3 is 15.4 Å². The molecule has 1 aliphatic rings. The van der Waals surface area contributed by atoms with E-state index in [1.807, 2.05) is 6.92 Å². The van der Waals surface area contributed by atoms with Crippen LogP contribution in [0.1, 0.15) is 38.6 Å². The van der Waals surface area contributed by atoms with Gasteiger partial charge in [-0.1, -0.05) is 0 Å². The van der Waals surface area contributed by atoms with Gasteiger partial charge in [0.05, 0.1) is 0 Å². The topological polar surface area (TPSA) is 63.5 Å². The minimum atomic E-state index is -2.60. The maximum Gasteiger partial charge on any atom is 0.319 e. The van der Waals surface area contributed by atoms with Crippen molar-refractivity contribution in [2.24, 2.45) is 10.9 Å². The molecule has 1 aliphatic carbocycles. The number of hydrogen-bond donors (Lipinski definition) is 2. The number of aliphatic imine (C=N–C) groups is 1. The third-order valence-corrected chi connectivity index (χ3v) is 3.49. The van der Waals surface area contributed by atoms with E-state index in [1.165, 1.54) is 25.2 Å². The summed E-state index contributed by atoms with van der Waals surface area (Å²) in [5.41, 5.74) is 0. The lowest BCUT2D eigenvalue weighted by Gasteiger charge is -2.11. The zero-order chi connectivity index (χ0) is 16.5. The summed E-state index contributed by atoms with van der Waals surface area (Å²) in [6.07, 6.45) is 6.08. The van der Waals surface area contributed by atoms with Crippen molar-refractivity contribution in [2.75, 3.05) is 26.3 Å². The molecule has 0 spiro atoms. The molecule has 1 aromatic heterocycles. The van der Waals surface area contributed by atoms with Crippen LogP contribution < -0.4 is 10.6 Å². The average Bonchev–Trinajstić information content (AvgIpc) is 3.22. The highest BCUT2D eigenvalue weighted by Crippen LogP contribution is 2.28. The zero-order valence-corrected chi connectivity index (χ0v) is 13.5. The van der Waals surface area contributed by atoms with Gasteiger partial charge in [-0.25, -0.2) is 9.98 Å². The number of ether oxygens (including phenoxy) is 1. The fraction of sp³-hybridized carbons (Fsp3) is 0.733. The fourth-order valence-corrected chi connectivity index (χ4v) is 2.05. The van der Waals surface area contributed by atoms with Gasteiger partial charge in [0.2, 0.25) is 0 Å². The third kappa shape index (κ3) is 6.52. The van der Waals surface area contributed by atoms with Crippen LogP contribution in [0.3, 0.4) is 0 Å². The van der Waals surface area contributed by atoms with Crippen LogP contribution in [0, 0.1) is 5.92 Å². The number of nitrogens with one attached hydrogen (secondary N) is 2. The van der Waals surface area contributed by atoms with Crippen LogP contribution in [0.2, 0.25) is 0 Å². The SMILES string of the molecule is CCNC(=NCc1nccn1C(F)F)NCCCOCC1CC1. The third-order valence-electron chi connectivity index (χ3n) is 3.49. The zero-order valence-electron chi connectivity index (χ0n) is 13.5. The van der Waals surface area contributed by atoms with Crippen molar-refractivity contribution in [1.29, 1.82) is 0 Å². The summed E-state index contributed by atoms with van der Waals surface area (Å²) in [5, 5.41) is 6.26. The van der Waals surface area contributed by atoms with Gasteiger partial charge in [0, 0.05) is 38.7 Å². The molecule has 2 N–H and O–H groups in total. The number of imidazole rings is 1. The quantitative estimate of drug-likeness (QED) is 0.392. The van der Waals surface area contributed by atoms with E-state index >= 15 is 0 Å². The molecule has 1 heterocycles. The Hall–Kier alpha value is -1.70. The molecule has 1 saturated carbocycles. The molecule has 8 heteroatoms. The second kappa shape index (κ2) is 9.44. The number of aromatic nitrogens is 2. The fourth-order valence-electron chi connectivity index (χ4n) is 2.05. The molecular formula is C15H25F2N5O. The van der Waals surface area contributed by atoms with Crippen molar-refractivity contribution >= 4 is 5.96 Å². The molecule has 0 aromatic carbocycles. The van der Waals surface area contributed by atoms with Gasteiger partial charge in [0.25, 0.3) is 0 Å². The number of hydrogen-bond acceptors (Lipinski definition) is 3. The van der Waals surface area contributed by atoms with Crippen LogP contribution in [0.15, 0.2) is 17.4 Å². The van der Waals surface area contributed by atoms with Crippen molar-refractivity contribution in [2.45, 2.75) is 39.3 Å². The van der Waals surface area contributed by atoms with E-state index < -0.39 is 6.55 Å². The highest BCUT2D eigenvalue weighted by Gasteiger charge is 2.20. The number of guanidine groups is 1. The smallest absolute Gasteiger partial charge is 0.319 e. The lowest BCUT2D eigenvalue weighted by atomic mass is 10.4. The summed E-state index contributed by atoms with van der Waals surface area (Å²) >= 11 is 0. The predicted octanol–water partition coefficient (Wildman–Crippen LogP) is 2.15. The molecular weight excluding hydrogens is 304 g/mol. The van der Waals surface area contributed by atoms with Crippen LogP contribution >= 0.6 is 0 Å². The molecule has 6 nitrogen and oxygen atoms in total. The Morgan fingerprint density at radius 2 is 2.30 bits per heavy atom. The van der Waals surface area contributed by atoms with Gasteiger partial charge in [-0.05, 0) is 32.1 Å². The van der Waals surface area contributed by atoms with Gasteiger partial charge >= 0.3 is 6.55 Å². The first kappa shape index (κ1) is 17.7. The Kier molecular flexibility index (Phi) is 7.25. The summed E-state index contributed by atoms with van der Waals surface area (Å²) in [7, 11) is 0. The first-order valence-corrected chi connectivity index (χ1v) is 8.10. The van der Waals surface area contributed by atoms with Gasteiger partial charge in [-0.3, -0.25) is 4.57 Å². The van der Waals surface area contributed by atoms with E-state index in [0.717, 1.165) is 36.7 Å². The number of rotatable bonds is 10.